The second-order valence-electron chi connectivity index (χ2n) is 4.55. The van der Waals surface area contributed by atoms with Crippen molar-refractivity contribution in [2.45, 2.75) is 19.3 Å². The molecular formula is C14H14N2O3S. The number of nitrogens with zero attached hydrogens (tertiary/aromatic N) is 1. The molecule has 3 rings (SSSR count). The number of hydrogen-bond acceptors (Lipinski definition) is 5. The van der Waals surface area contributed by atoms with Crippen molar-refractivity contribution in [2.75, 3.05) is 12.4 Å². The van der Waals surface area contributed by atoms with E-state index in [1.54, 1.807) is 18.2 Å². The number of carbonyl (C=O) groups is 1. The number of anilines is 1. The smallest absolute Gasteiger partial charge is 0.261 e. The summed E-state index contributed by atoms with van der Waals surface area (Å²) in [4.78, 5) is 17.8. The fraction of sp³-hybridized carbons (Fsp3) is 0.286. The molecule has 2 aromatic rings. The van der Waals surface area contributed by atoms with Gasteiger partial charge in [-0.05, 0) is 31.4 Å². The number of methoxy groups -OCH3 is 1. The summed E-state index contributed by atoms with van der Waals surface area (Å²) >= 11 is 1.50. The Morgan fingerprint density at radius 1 is 1.45 bits per heavy atom. The van der Waals surface area contributed by atoms with E-state index >= 15 is 0 Å². The van der Waals surface area contributed by atoms with Gasteiger partial charge >= 0.3 is 0 Å². The molecule has 2 N–H and O–H groups in total. The quantitative estimate of drug-likeness (QED) is 0.911. The van der Waals surface area contributed by atoms with E-state index in [9.17, 15) is 9.90 Å². The van der Waals surface area contributed by atoms with E-state index in [2.05, 4.69) is 10.3 Å². The molecular weight excluding hydrogens is 276 g/mol. The molecule has 0 aliphatic heterocycles. The van der Waals surface area contributed by atoms with Crippen LogP contribution in [-0.4, -0.2) is 23.1 Å². The van der Waals surface area contributed by atoms with Gasteiger partial charge in [-0.1, -0.05) is 6.07 Å². The number of thiazole rings is 1. The highest BCUT2D eigenvalue weighted by atomic mass is 32.1. The van der Waals surface area contributed by atoms with E-state index in [-0.39, 0.29) is 23.0 Å². The Morgan fingerprint density at radius 2 is 2.30 bits per heavy atom. The molecule has 0 saturated carbocycles. The Balaban J connectivity index is 1.82. The van der Waals surface area contributed by atoms with Gasteiger partial charge in [-0.3, -0.25) is 10.1 Å². The van der Waals surface area contributed by atoms with Crippen LogP contribution < -0.4 is 10.1 Å². The van der Waals surface area contributed by atoms with Gasteiger partial charge in [0.25, 0.3) is 5.91 Å². The number of fused-ring (bicyclic) bond motifs is 1. The van der Waals surface area contributed by atoms with Crippen LogP contribution in [0.15, 0.2) is 18.2 Å². The predicted molar refractivity (Wildman–Crippen MR) is 76.8 cm³/mol. The summed E-state index contributed by atoms with van der Waals surface area (Å²) in [6.45, 7) is 0. The van der Waals surface area contributed by atoms with Gasteiger partial charge in [-0.15, -0.1) is 11.3 Å². The first-order valence-electron chi connectivity index (χ1n) is 6.35. The van der Waals surface area contributed by atoms with Crippen molar-refractivity contribution < 1.29 is 14.6 Å². The van der Waals surface area contributed by atoms with Crippen molar-refractivity contribution >= 4 is 22.4 Å². The van der Waals surface area contributed by atoms with Crippen LogP contribution in [0.5, 0.6) is 11.5 Å². The van der Waals surface area contributed by atoms with Crippen LogP contribution in [0.1, 0.15) is 27.3 Å². The van der Waals surface area contributed by atoms with Crippen molar-refractivity contribution in [1.82, 2.24) is 4.98 Å². The molecule has 1 amide bonds. The van der Waals surface area contributed by atoms with Gasteiger partial charge in [0.1, 0.15) is 0 Å². The Morgan fingerprint density at radius 3 is 3.05 bits per heavy atom. The van der Waals surface area contributed by atoms with Crippen LogP contribution in [0.2, 0.25) is 0 Å². The molecule has 1 heterocycles. The number of hydrogen-bond donors (Lipinski definition) is 2. The molecule has 0 unspecified atom stereocenters. The minimum absolute atomic E-state index is 0.156. The van der Waals surface area contributed by atoms with E-state index in [1.807, 2.05) is 0 Å². The van der Waals surface area contributed by atoms with E-state index in [0.29, 0.717) is 5.13 Å². The molecule has 0 atom stereocenters. The van der Waals surface area contributed by atoms with Gasteiger partial charge in [-0.2, -0.15) is 0 Å². The Bertz CT molecular complexity index is 645. The summed E-state index contributed by atoms with van der Waals surface area (Å²) in [5.74, 6) is -0.260. The summed E-state index contributed by atoms with van der Waals surface area (Å²) in [6, 6.07) is 4.81. The molecule has 5 nitrogen and oxygen atoms in total. The normalized spacial score (nSPS) is 13.1. The zero-order valence-electron chi connectivity index (χ0n) is 11.0. The molecule has 1 aliphatic rings. The van der Waals surface area contributed by atoms with E-state index in [1.165, 1.54) is 23.3 Å². The predicted octanol–water partition coefficient (Wildman–Crippen LogP) is 2.60. The number of benzene rings is 1. The van der Waals surface area contributed by atoms with E-state index in [4.69, 9.17) is 4.74 Å². The van der Waals surface area contributed by atoms with Gasteiger partial charge in [0.15, 0.2) is 16.6 Å². The highest BCUT2D eigenvalue weighted by Crippen LogP contribution is 2.32. The van der Waals surface area contributed by atoms with Crippen molar-refractivity contribution in [1.29, 1.82) is 0 Å². The number of nitrogens with one attached hydrogen (secondary N) is 1. The minimum Gasteiger partial charge on any atom is -0.504 e. The fourth-order valence-corrected chi connectivity index (χ4v) is 3.32. The van der Waals surface area contributed by atoms with Gasteiger partial charge in [0.05, 0.1) is 18.4 Å². The number of aromatic nitrogens is 1. The van der Waals surface area contributed by atoms with Crippen molar-refractivity contribution in [3.63, 3.8) is 0 Å². The number of phenols is 1. The lowest BCUT2D eigenvalue weighted by molar-refractivity contribution is 0.102. The van der Waals surface area contributed by atoms with Crippen LogP contribution in [-0.2, 0) is 12.8 Å². The first-order valence-corrected chi connectivity index (χ1v) is 7.16. The average Bonchev–Trinajstić information content (AvgIpc) is 2.99. The van der Waals surface area contributed by atoms with Crippen LogP contribution in [0, 0.1) is 0 Å². The van der Waals surface area contributed by atoms with Gasteiger partial charge in [0.2, 0.25) is 0 Å². The summed E-state index contributed by atoms with van der Waals surface area (Å²) in [6.07, 6.45) is 3.15. The maximum Gasteiger partial charge on any atom is 0.261 e. The van der Waals surface area contributed by atoms with Crippen molar-refractivity contribution in [3.05, 3.63) is 34.3 Å². The maximum atomic E-state index is 12.2. The monoisotopic (exact) mass is 290 g/mol. The molecule has 0 bridgehead atoms. The van der Waals surface area contributed by atoms with Crippen LogP contribution in [0.3, 0.4) is 0 Å². The maximum absolute atomic E-state index is 12.2. The zero-order valence-corrected chi connectivity index (χ0v) is 11.8. The summed E-state index contributed by atoms with van der Waals surface area (Å²) in [5, 5.41) is 13.3. The largest absolute Gasteiger partial charge is 0.504 e. The third-order valence-electron chi connectivity index (χ3n) is 3.28. The SMILES string of the molecule is COc1cccc(C(=O)Nc2nc3c(s2)CCC3)c1O. The molecule has 104 valence electrons. The van der Waals surface area contributed by atoms with Gasteiger partial charge in [0, 0.05) is 4.88 Å². The van der Waals surface area contributed by atoms with Crippen LogP contribution in [0.4, 0.5) is 5.13 Å². The molecule has 1 aromatic heterocycles. The topological polar surface area (TPSA) is 71.5 Å². The zero-order chi connectivity index (χ0) is 14.1. The van der Waals surface area contributed by atoms with E-state index < -0.39 is 0 Å². The molecule has 0 fully saturated rings. The Kier molecular flexibility index (Phi) is 3.31. The van der Waals surface area contributed by atoms with Gasteiger partial charge in [-0.25, -0.2) is 4.98 Å². The van der Waals surface area contributed by atoms with Gasteiger partial charge < -0.3 is 9.84 Å². The number of para-hydroxylation sites is 1. The first kappa shape index (κ1) is 12.9. The molecule has 6 heteroatoms. The van der Waals surface area contributed by atoms with Crippen molar-refractivity contribution in [3.8, 4) is 11.5 Å². The number of phenolic OH excluding ortho intramolecular Hbond substituents is 1. The number of aryl methyl sites for hydroxylation is 2. The standard InChI is InChI=1S/C14H14N2O3S/c1-19-10-6-2-4-8(12(10)17)13(18)16-14-15-9-5-3-7-11(9)20-14/h2,4,6,17H,3,5,7H2,1H3,(H,15,16,18). The highest BCUT2D eigenvalue weighted by Gasteiger charge is 2.20. The molecule has 0 radical (unpaired) electrons. The lowest BCUT2D eigenvalue weighted by Gasteiger charge is -2.08. The first-order chi connectivity index (χ1) is 9.69. The molecule has 0 spiro atoms. The minimum atomic E-state index is -0.381. The Labute approximate surface area is 120 Å². The fourth-order valence-electron chi connectivity index (χ4n) is 2.28. The van der Waals surface area contributed by atoms with E-state index in [0.717, 1.165) is 25.0 Å². The molecule has 1 aliphatic carbocycles. The third-order valence-corrected chi connectivity index (χ3v) is 4.35. The average molecular weight is 290 g/mol. The lowest BCUT2D eigenvalue weighted by atomic mass is 10.2. The number of carbonyl (C=O) groups excluding carboxylic acids is 1. The summed E-state index contributed by atoms with van der Waals surface area (Å²) in [7, 11) is 1.45. The summed E-state index contributed by atoms with van der Waals surface area (Å²) < 4.78 is 4.99. The highest BCUT2D eigenvalue weighted by molar-refractivity contribution is 7.16. The molecule has 20 heavy (non-hydrogen) atoms. The second-order valence-corrected chi connectivity index (χ2v) is 5.64. The lowest BCUT2D eigenvalue weighted by Crippen LogP contribution is -2.12. The number of amides is 1. The molecule has 0 saturated heterocycles. The van der Waals surface area contributed by atoms with Crippen LogP contribution in [0.25, 0.3) is 0 Å². The number of aromatic hydroxyl groups is 1. The Hall–Kier alpha value is -2.08. The summed E-state index contributed by atoms with van der Waals surface area (Å²) in [5.41, 5.74) is 1.26. The van der Waals surface area contributed by atoms with Crippen LogP contribution >= 0.6 is 11.3 Å². The second kappa shape index (κ2) is 5.13. The number of ether oxygens (including phenoxy) is 1. The van der Waals surface area contributed by atoms with Crippen molar-refractivity contribution in [2.24, 2.45) is 0 Å². The number of rotatable bonds is 3. The third kappa shape index (κ3) is 2.22. The molecule has 1 aromatic carbocycles.